The number of hydrazone groups is 1. The number of fused-ring (bicyclic) bond motifs is 1. The van der Waals surface area contributed by atoms with Crippen LogP contribution in [0.3, 0.4) is 0 Å². The molecule has 4 aliphatic heterocycles. The van der Waals surface area contributed by atoms with Crippen molar-refractivity contribution in [2.45, 2.75) is 12.8 Å². The molecule has 28 heavy (non-hydrogen) atoms. The fourth-order valence-electron chi connectivity index (χ4n) is 5.08. The predicted molar refractivity (Wildman–Crippen MR) is 117 cm³/mol. The molecule has 1 aromatic carbocycles. The maximum absolute atomic E-state index is 5.44. The summed E-state index contributed by atoms with van der Waals surface area (Å²) in [4.78, 5) is 5.28. The van der Waals surface area contributed by atoms with Gasteiger partial charge in [0, 0.05) is 70.9 Å². The molecule has 0 spiro atoms. The third-order valence-corrected chi connectivity index (χ3v) is 6.38. The zero-order chi connectivity index (χ0) is 19.4. The monoisotopic (exact) mass is 401 g/mol. The zero-order valence-corrected chi connectivity index (χ0v) is 17.5. The van der Waals surface area contributed by atoms with Crippen molar-refractivity contribution in [3.63, 3.8) is 0 Å². The van der Waals surface area contributed by atoms with E-state index in [9.17, 15) is 0 Å². The minimum absolute atomic E-state index is 0.0671. The molecule has 0 aliphatic carbocycles. The summed E-state index contributed by atoms with van der Waals surface area (Å²) in [6.45, 7) is 8.28. The molecule has 4 heterocycles. The van der Waals surface area contributed by atoms with Crippen molar-refractivity contribution in [3.05, 3.63) is 35.9 Å². The molecular formula is C21H31N5OS. The first-order chi connectivity index (χ1) is 13.7. The van der Waals surface area contributed by atoms with E-state index in [1.54, 1.807) is 7.11 Å². The van der Waals surface area contributed by atoms with Crippen LogP contribution < -0.4 is 10.7 Å². The SMILES string of the molecule is COCCCNC(=S)NN=C1C2CN3CCN(C2)CC1(Cc1ccccc1)C3. The van der Waals surface area contributed by atoms with Gasteiger partial charge >= 0.3 is 0 Å². The van der Waals surface area contributed by atoms with E-state index in [4.69, 9.17) is 22.1 Å². The molecule has 2 atom stereocenters. The van der Waals surface area contributed by atoms with Crippen LogP contribution in [0.2, 0.25) is 0 Å². The first-order valence-corrected chi connectivity index (χ1v) is 10.7. The van der Waals surface area contributed by atoms with Gasteiger partial charge in [-0.1, -0.05) is 30.3 Å². The largest absolute Gasteiger partial charge is 0.385 e. The molecule has 0 radical (unpaired) electrons. The Labute approximate surface area is 173 Å². The standard InChI is InChI=1S/C21H31N5OS/c1-27-11-5-8-22-20(28)24-23-19-18-13-25-9-10-26(14-18)16-21(19,15-25)12-17-6-3-2-4-7-17/h2-4,6-7,18H,5,8-16H2,1H3,(H2,22,24,28). The van der Waals surface area contributed by atoms with Crippen molar-refractivity contribution in [1.82, 2.24) is 20.5 Å². The van der Waals surface area contributed by atoms with Crippen molar-refractivity contribution in [2.75, 3.05) is 59.5 Å². The molecule has 0 aromatic heterocycles. The Kier molecular flexibility index (Phi) is 6.25. The smallest absolute Gasteiger partial charge is 0.186 e. The Hall–Kier alpha value is -1.54. The molecule has 1 aromatic rings. The Balaban J connectivity index is 1.51. The van der Waals surface area contributed by atoms with Gasteiger partial charge in [0.25, 0.3) is 0 Å². The van der Waals surface area contributed by atoms with Gasteiger partial charge in [0.2, 0.25) is 0 Å². The number of piperidine rings is 2. The first-order valence-electron chi connectivity index (χ1n) is 10.3. The Morgan fingerprint density at radius 2 is 1.93 bits per heavy atom. The summed E-state index contributed by atoms with van der Waals surface area (Å²) < 4.78 is 5.08. The van der Waals surface area contributed by atoms with Crippen molar-refractivity contribution < 1.29 is 4.74 Å². The van der Waals surface area contributed by atoms with E-state index < -0.39 is 0 Å². The van der Waals surface area contributed by atoms with Crippen LogP contribution in [-0.2, 0) is 11.2 Å². The minimum atomic E-state index is 0.0671. The molecule has 152 valence electrons. The van der Waals surface area contributed by atoms with Gasteiger partial charge in [-0.2, -0.15) is 5.10 Å². The van der Waals surface area contributed by atoms with Crippen LogP contribution in [0, 0.1) is 11.3 Å². The fraction of sp³-hybridized carbons (Fsp3) is 0.619. The second-order valence-electron chi connectivity index (χ2n) is 8.32. The number of thiocarbonyl (C=S) groups is 1. The topological polar surface area (TPSA) is 52.1 Å². The summed E-state index contributed by atoms with van der Waals surface area (Å²) in [5.74, 6) is 0.484. The molecule has 6 nitrogen and oxygen atoms in total. The molecule has 4 aliphatic rings. The van der Waals surface area contributed by atoms with Crippen LogP contribution in [0.1, 0.15) is 12.0 Å². The molecule has 4 saturated heterocycles. The highest BCUT2D eigenvalue weighted by Crippen LogP contribution is 2.40. The van der Waals surface area contributed by atoms with Crippen molar-refractivity contribution >= 4 is 23.0 Å². The second-order valence-corrected chi connectivity index (χ2v) is 8.73. The van der Waals surface area contributed by atoms with Crippen LogP contribution in [0.5, 0.6) is 0 Å². The molecule has 5 rings (SSSR count). The zero-order valence-electron chi connectivity index (χ0n) is 16.7. The minimum Gasteiger partial charge on any atom is -0.385 e. The Morgan fingerprint density at radius 1 is 1.21 bits per heavy atom. The lowest BCUT2D eigenvalue weighted by atomic mass is 9.67. The van der Waals surface area contributed by atoms with Crippen molar-refractivity contribution in [1.29, 1.82) is 0 Å². The highest BCUT2D eigenvalue weighted by molar-refractivity contribution is 7.80. The molecule has 0 saturated carbocycles. The van der Waals surface area contributed by atoms with E-state index >= 15 is 0 Å². The average Bonchev–Trinajstić information content (AvgIpc) is 2.93. The summed E-state index contributed by atoms with van der Waals surface area (Å²) >= 11 is 5.44. The van der Waals surface area contributed by atoms with E-state index in [1.165, 1.54) is 24.4 Å². The molecule has 2 unspecified atom stereocenters. The van der Waals surface area contributed by atoms with Crippen molar-refractivity contribution in [2.24, 2.45) is 16.4 Å². The van der Waals surface area contributed by atoms with Crippen LogP contribution in [0.25, 0.3) is 0 Å². The van der Waals surface area contributed by atoms with Gasteiger partial charge in [-0.3, -0.25) is 5.43 Å². The van der Waals surface area contributed by atoms with Crippen LogP contribution in [0.15, 0.2) is 35.4 Å². The number of nitrogens with zero attached hydrogens (tertiary/aromatic N) is 3. The van der Waals surface area contributed by atoms with E-state index in [0.29, 0.717) is 11.0 Å². The molecular weight excluding hydrogens is 370 g/mol. The number of benzene rings is 1. The number of nitrogens with one attached hydrogen (secondary N) is 2. The first kappa shape index (κ1) is 19.8. The van der Waals surface area contributed by atoms with Gasteiger partial charge in [-0.05, 0) is 30.6 Å². The summed E-state index contributed by atoms with van der Waals surface area (Å²) in [6, 6.07) is 10.8. The quantitative estimate of drug-likeness (QED) is 0.409. The third-order valence-electron chi connectivity index (χ3n) is 6.15. The number of rotatable bonds is 7. The maximum atomic E-state index is 5.44. The number of ether oxygens (including phenoxy) is 1. The van der Waals surface area contributed by atoms with Gasteiger partial charge in [0.15, 0.2) is 5.11 Å². The van der Waals surface area contributed by atoms with Crippen LogP contribution in [-0.4, -0.2) is 80.2 Å². The third kappa shape index (κ3) is 4.38. The highest BCUT2D eigenvalue weighted by Gasteiger charge is 2.52. The summed E-state index contributed by atoms with van der Waals surface area (Å²) in [5, 5.41) is 8.74. The second kappa shape index (κ2) is 8.86. The number of hydrogen-bond donors (Lipinski definition) is 2. The molecule has 7 heteroatoms. The van der Waals surface area contributed by atoms with Crippen LogP contribution in [0.4, 0.5) is 0 Å². The summed E-state index contributed by atoms with van der Waals surface area (Å²) in [6.07, 6.45) is 1.96. The summed E-state index contributed by atoms with van der Waals surface area (Å²) in [7, 11) is 1.72. The normalized spacial score (nSPS) is 32.3. The highest BCUT2D eigenvalue weighted by atomic mass is 32.1. The lowest BCUT2D eigenvalue weighted by Gasteiger charge is -2.50. The van der Waals surface area contributed by atoms with Gasteiger partial charge in [0.1, 0.15) is 0 Å². The molecule has 4 fully saturated rings. The predicted octanol–water partition coefficient (Wildman–Crippen LogP) is 1.33. The van der Waals surface area contributed by atoms with E-state index in [-0.39, 0.29) is 5.41 Å². The molecule has 2 N–H and O–H groups in total. The van der Waals surface area contributed by atoms with Gasteiger partial charge in [-0.15, -0.1) is 0 Å². The van der Waals surface area contributed by atoms with Crippen LogP contribution >= 0.6 is 12.2 Å². The van der Waals surface area contributed by atoms with E-state index in [1.807, 2.05) is 0 Å². The fourth-order valence-corrected chi connectivity index (χ4v) is 5.22. The van der Waals surface area contributed by atoms with Gasteiger partial charge < -0.3 is 19.9 Å². The average molecular weight is 402 g/mol. The molecule has 4 bridgehead atoms. The Morgan fingerprint density at radius 3 is 2.61 bits per heavy atom. The van der Waals surface area contributed by atoms with E-state index in [2.05, 4.69) is 50.9 Å². The Bertz CT molecular complexity index is 694. The number of hydrogen-bond acceptors (Lipinski definition) is 5. The summed E-state index contributed by atoms with van der Waals surface area (Å²) in [5.41, 5.74) is 5.92. The van der Waals surface area contributed by atoms with Gasteiger partial charge in [0.05, 0.1) is 5.71 Å². The van der Waals surface area contributed by atoms with Crippen molar-refractivity contribution in [3.8, 4) is 0 Å². The van der Waals surface area contributed by atoms with E-state index in [0.717, 1.165) is 52.2 Å². The molecule has 0 amide bonds. The number of methoxy groups -OCH3 is 1. The lowest BCUT2D eigenvalue weighted by molar-refractivity contribution is 0.117. The maximum Gasteiger partial charge on any atom is 0.186 e. The van der Waals surface area contributed by atoms with Gasteiger partial charge in [-0.25, -0.2) is 0 Å². The lowest BCUT2D eigenvalue weighted by Crippen LogP contribution is -2.62.